The van der Waals surface area contributed by atoms with Crippen molar-refractivity contribution < 1.29 is 14.6 Å². The van der Waals surface area contributed by atoms with E-state index in [-0.39, 0.29) is 12.6 Å². The third-order valence-electron chi connectivity index (χ3n) is 4.56. The van der Waals surface area contributed by atoms with Crippen LogP contribution in [0.2, 0.25) is 0 Å². The molecule has 0 saturated carbocycles. The van der Waals surface area contributed by atoms with Gasteiger partial charge in [-0.15, -0.1) is 0 Å². The van der Waals surface area contributed by atoms with Crippen molar-refractivity contribution in [2.45, 2.75) is 32.9 Å². The number of nitrogens with zero attached hydrogens (tertiary/aromatic N) is 2. The lowest BCUT2D eigenvalue weighted by atomic mass is 10.0. The molecule has 2 rings (SSSR count). The van der Waals surface area contributed by atoms with Crippen LogP contribution in [0.5, 0.6) is 11.5 Å². The smallest absolute Gasteiger partial charge is 0.161 e. The van der Waals surface area contributed by atoms with Gasteiger partial charge in [0.2, 0.25) is 0 Å². The molecule has 1 N–H and O–H groups in total. The predicted molar refractivity (Wildman–Crippen MR) is 92.3 cm³/mol. The van der Waals surface area contributed by atoms with E-state index in [1.165, 1.54) is 0 Å². The molecule has 0 amide bonds. The molecule has 1 aromatic rings. The summed E-state index contributed by atoms with van der Waals surface area (Å²) in [6.07, 6.45) is 0. The summed E-state index contributed by atoms with van der Waals surface area (Å²) in [5.41, 5.74) is 1.08. The minimum absolute atomic E-state index is 0.000956. The van der Waals surface area contributed by atoms with Crippen LogP contribution in [-0.2, 0) is 0 Å². The molecular formula is C18H30N2O3. The molecule has 1 aliphatic heterocycles. The summed E-state index contributed by atoms with van der Waals surface area (Å²) < 4.78 is 11.3. The molecule has 0 spiro atoms. The van der Waals surface area contributed by atoms with Gasteiger partial charge in [0, 0.05) is 25.7 Å². The second-order valence-electron chi connectivity index (χ2n) is 6.10. The Kier molecular flexibility index (Phi) is 6.69. The van der Waals surface area contributed by atoms with Crippen LogP contribution >= 0.6 is 0 Å². The number of piperazine rings is 1. The second-order valence-corrected chi connectivity index (χ2v) is 6.10. The highest BCUT2D eigenvalue weighted by Crippen LogP contribution is 2.33. The average molecular weight is 322 g/mol. The number of rotatable bonds is 7. The van der Waals surface area contributed by atoms with Crippen molar-refractivity contribution in [3.63, 3.8) is 0 Å². The van der Waals surface area contributed by atoms with Gasteiger partial charge in [-0.25, -0.2) is 0 Å². The Balaban J connectivity index is 2.21. The molecule has 1 aliphatic rings. The van der Waals surface area contributed by atoms with Crippen LogP contribution in [0.15, 0.2) is 18.2 Å². The first-order chi connectivity index (χ1) is 11.1. The van der Waals surface area contributed by atoms with Gasteiger partial charge < -0.3 is 19.5 Å². The molecule has 130 valence electrons. The summed E-state index contributed by atoms with van der Waals surface area (Å²) in [6, 6.07) is 6.50. The quantitative estimate of drug-likeness (QED) is 0.833. The molecule has 0 aliphatic carbocycles. The lowest BCUT2D eigenvalue weighted by Gasteiger charge is -2.41. The van der Waals surface area contributed by atoms with Crippen LogP contribution in [0, 0.1) is 0 Å². The summed E-state index contributed by atoms with van der Waals surface area (Å²) in [5.74, 6) is 1.52. The summed E-state index contributed by atoms with van der Waals surface area (Å²) in [4.78, 5) is 4.71. The van der Waals surface area contributed by atoms with E-state index >= 15 is 0 Å². The largest absolute Gasteiger partial charge is 0.490 e. The second kappa shape index (κ2) is 8.52. The van der Waals surface area contributed by atoms with Crippen molar-refractivity contribution in [2.75, 3.05) is 46.5 Å². The molecule has 0 aromatic heterocycles. The molecule has 0 bridgehead atoms. The minimum Gasteiger partial charge on any atom is -0.490 e. The Morgan fingerprint density at radius 2 is 1.87 bits per heavy atom. The van der Waals surface area contributed by atoms with Gasteiger partial charge in [0.1, 0.15) is 0 Å². The fraction of sp³-hybridized carbons (Fsp3) is 0.667. The Morgan fingerprint density at radius 3 is 2.48 bits per heavy atom. The fourth-order valence-electron chi connectivity index (χ4n) is 3.07. The number of hydrogen-bond donors (Lipinski definition) is 1. The Bertz CT molecular complexity index is 495. The van der Waals surface area contributed by atoms with Gasteiger partial charge in [-0.05, 0) is 45.5 Å². The maximum Gasteiger partial charge on any atom is 0.161 e. The van der Waals surface area contributed by atoms with Crippen LogP contribution < -0.4 is 9.47 Å². The molecule has 1 heterocycles. The monoisotopic (exact) mass is 322 g/mol. The van der Waals surface area contributed by atoms with Crippen molar-refractivity contribution in [1.29, 1.82) is 0 Å². The maximum absolute atomic E-state index is 9.95. The molecule has 2 unspecified atom stereocenters. The van der Waals surface area contributed by atoms with E-state index in [0.29, 0.717) is 19.3 Å². The summed E-state index contributed by atoms with van der Waals surface area (Å²) in [5, 5.41) is 9.95. The highest BCUT2D eigenvalue weighted by atomic mass is 16.5. The number of benzene rings is 1. The van der Waals surface area contributed by atoms with Gasteiger partial charge in [-0.1, -0.05) is 6.07 Å². The third kappa shape index (κ3) is 4.37. The fourth-order valence-corrected chi connectivity index (χ4v) is 3.07. The number of aliphatic hydroxyl groups is 1. The van der Waals surface area contributed by atoms with Gasteiger partial charge in [-0.3, -0.25) is 4.90 Å². The van der Waals surface area contributed by atoms with Crippen LogP contribution in [-0.4, -0.2) is 67.5 Å². The number of hydrogen-bond acceptors (Lipinski definition) is 5. The molecule has 1 aromatic carbocycles. The summed E-state index contributed by atoms with van der Waals surface area (Å²) in [7, 11) is 2.15. The van der Waals surface area contributed by atoms with E-state index in [9.17, 15) is 5.11 Å². The van der Waals surface area contributed by atoms with E-state index in [4.69, 9.17) is 9.47 Å². The SMILES string of the molecule is CCOc1ccc(C(CO)N2CCN(C)C(C)C2)cc1OCC. The zero-order valence-corrected chi connectivity index (χ0v) is 14.8. The van der Waals surface area contributed by atoms with Crippen LogP contribution in [0.25, 0.3) is 0 Å². The van der Waals surface area contributed by atoms with Crippen molar-refractivity contribution in [2.24, 2.45) is 0 Å². The maximum atomic E-state index is 9.95. The van der Waals surface area contributed by atoms with Crippen molar-refractivity contribution in [1.82, 2.24) is 9.80 Å². The zero-order valence-electron chi connectivity index (χ0n) is 14.8. The van der Waals surface area contributed by atoms with Crippen LogP contribution in [0.1, 0.15) is 32.4 Å². The predicted octanol–water partition coefficient (Wildman–Crippen LogP) is 2.15. The van der Waals surface area contributed by atoms with Crippen LogP contribution in [0.3, 0.4) is 0 Å². The van der Waals surface area contributed by atoms with Crippen LogP contribution in [0.4, 0.5) is 0 Å². The first-order valence-corrected chi connectivity index (χ1v) is 8.55. The molecule has 5 heteroatoms. The Labute approximate surface area is 139 Å². The first-order valence-electron chi connectivity index (χ1n) is 8.55. The van der Waals surface area contributed by atoms with Gasteiger partial charge in [0.05, 0.1) is 25.9 Å². The molecule has 1 saturated heterocycles. The molecule has 5 nitrogen and oxygen atoms in total. The highest BCUT2D eigenvalue weighted by molar-refractivity contribution is 5.44. The summed E-state index contributed by atoms with van der Waals surface area (Å²) >= 11 is 0. The first kappa shape index (κ1) is 18.0. The number of ether oxygens (including phenoxy) is 2. The van der Waals surface area contributed by atoms with Gasteiger partial charge >= 0.3 is 0 Å². The Hall–Kier alpha value is -1.30. The molecule has 1 fully saturated rings. The third-order valence-corrected chi connectivity index (χ3v) is 4.56. The molecular weight excluding hydrogens is 292 g/mol. The minimum atomic E-state index is 0.000956. The topological polar surface area (TPSA) is 45.2 Å². The van der Waals surface area contributed by atoms with Crippen molar-refractivity contribution in [3.05, 3.63) is 23.8 Å². The van der Waals surface area contributed by atoms with Crippen molar-refractivity contribution >= 4 is 0 Å². The van der Waals surface area contributed by atoms with E-state index in [0.717, 1.165) is 36.7 Å². The van der Waals surface area contributed by atoms with E-state index in [1.54, 1.807) is 0 Å². The normalized spacial score (nSPS) is 21.2. The molecule has 0 radical (unpaired) electrons. The van der Waals surface area contributed by atoms with Gasteiger partial charge in [0.25, 0.3) is 0 Å². The summed E-state index contributed by atoms with van der Waals surface area (Å²) in [6.45, 7) is 10.4. The lowest BCUT2D eigenvalue weighted by molar-refractivity contribution is 0.0463. The lowest BCUT2D eigenvalue weighted by Crippen LogP contribution is -2.51. The standard InChI is InChI=1S/C18H30N2O3/c1-5-22-17-8-7-15(11-18(17)23-6-2)16(13-21)20-10-9-19(4)14(3)12-20/h7-8,11,14,16,21H,5-6,9-10,12-13H2,1-4H3. The van der Waals surface area contributed by atoms with Gasteiger partial charge in [-0.2, -0.15) is 0 Å². The number of aliphatic hydroxyl groups excluding tert-OH is 1. The van der Waals surface area contributed by atoms with E-state index in [2.05, 4.69) is 23.8 Å². The van der Waals surface area contributed by atoms with E-state index < -0.39 is 0 Å². The highest BCUT2D eigenvalue weighted by Gasteiger charge is 2.27. The van der Waals surface area contributed by atoms with Crippen molar-refractivity contribution in [3.8, 4) is 11.5 Å². The van der Waals surface area contributed by atoms with E-state index in [1.807, 2.05) is 32.0 Å². The Morgan fingerprint density at radius 1 is 1.17 bits per heavy atom. The molecule has 2 atom stereocenters. The zero-order chi connectivity index (χ0) is 16.8. The van der Waals surface area contributed by atoms with Gasteiger partial charge in [0.15, 0.2) is 11.5 Å². The molecule has 23 heavy (non-hydrogen) atoms. The average Bonchev–Trinajstić information content (AvgIpc) is 2.54. The number of likely N-dealkylation sites (N-methyl/N-ethyl adjacent to an activating group) is 1.